The molecule has 27 heavy (non-hydrogen) atoms. The van der Waals surface area contributed by atoms with E-state index >= 15 is 0 Å². The molecule has 0 saturated heterocycles. The predicted molar refractivity (Wildman–Crippen MR) is 110 cm³/mol. The van der Waals surface area contributed by atoms with E-state index in [1.54, 1.807) is 0 Å². The molecule has 2 N–H and O–H groups in total. The molecule has 2 aromatic heterocycles. The first-order valence-corrected chi connectivity index (χ1v) is 10.4. The summed E-state index contributed by atoms with van der Waals surface area (Å²) in [7, 11) is 0. The van der Waals surface area contributed by atoms with Crippen molar-refractivity contribution in [3.63, 3.8) is 0 Å². The molecule has 0 spiro atoms. The van der Waals surface area contributed by atoms with Crippen LogP contribution in [0.1, 0.15) is 51.1 Å². The topological polar surface area (TPSA) is 63.0 Å². The van der Waals surface area contributed by atoms with Crippen molar-refractivity contribution in [2.24, 2.45) is 4.99 Å². The molecule has 0 unspecified atom stereocenters. The van der Waals surface area contributed by atoms with Crippen LogP contribution in [0, 0.1) is 0 Å². The van der Waals surface area contributed by atoms with Gasteiger partial charge in [0.2, 0.25) is 0 Å². The van der Waals surface area contributed by atoms with Crippen LogP contribution in [-0.2, 0) is 11.2 Å². The third-order valence-electron chi connectivity index (χ3n) is 4.95. The third-order valence-corrected chi connectivity index (χ3v) is 4.95. The molecule has 148 valence electrons. The van der Waals surface area contributed by atoms with Gasteiger partial charge in [0.1, 0.15) is 5.65 Å². The summed E-state index contributed by atoms with van der Waals surface area (Å²) in [5, 5.41) is 6.70. The summed E-state index contributed by atoms with van der Waals surface area (Å²) in [4.78, 5) is 9.27. The van der Waals surface area contributed by atoms with E-state index in [0.29, 0.717) is 19.3 Å². The highest BCUT2D eigenvalue weighted by molar-refractivity contribution is 5.79. The number of aromatic nitrogens is 2. The smallest absolute Gasteiger partial charge is 0.191 e. The third kappa shape index (κ3) is 6.54. The normalized spacial score (nSPS) is 16.4. The lowest BCUT2D eigenvalue weighted by Crippen LogP contribution is -2.38. The van der Waals surface area contributed by atoms with Crippen molar-refractivity contribution >= 4 is 11.6 Å². The van der Waals surface area contributed by atoms with Crippen LogP contribution in [0.4, 0.5) is 0 Å². The van der Waals surface area contributed by atoms with Gasteiger partial charge in [-0.15, -0.1) is 0 Å². The summed E-state index contributed by atoms with van der Waals surface area (Å²) >= 11 is 0. The predicted octanol–water partition coefficient (Wildman–Crippen LogP) is 3.17. The zero-order valence-corrected chi connectivity index (χ0v) is 16.5. The minimum Gasteiger partial charge on any atom is -0.376 e. The van der Waals surface area contributed by atoms with Gasteiger partial charge in [0.05, 0.1) is 24.9 Å². The first-order chi connectivity index (χ1) is 13.3. The van der Waals surface area contributed by atoms with E-state index in [9.17, 15) is 0 Å². The molecule has 0 aliphatic heterocycles. The number of nitrogens with one attached hydrogen (secondary N) is 2. The molecule has 3 rings (SSSR count). The molecule has 0 radical (unpaired) electrons. The Morgan fingerprint density at radius 2 is 2.07 bits per heavy atom. The minimum atomic E-state index is 0.438. The SMILES string of the molecule is CCNC(=NCCOC1CCCCCC1)NCCc1cn2ccccc2n1. The van der Waals surface area contributed by atoms with Crippen molar-refractivity contribution in [2.45, 2.75) is 58.0 Å². The summed E-state index contributed by atoms with van der Waals surface area (Å²) < 4.78 is 8.08. The Balaban J connectivity index is 1.40. The van der Waals surface area contributed by atoms with Crippen molar-refractivity contribution in [1.82, 2.24) is 20.0 Å². The standard InChI is InChI=1S/C21H33N5O/c1-2-22-21(24-14-16-27-19-9-5-3-4-6-10-19)23-13-12-18-17-26-15-8-7-11-20(26)25-18/h7-8,11,15,17,19H,2-6,9-10,12-14,16H2,1H3,(H2,22,23,24). The van der Waals surface area contributed by atoms with Gasteiger partial charge in [0, 0.05) is 31.9 Å². The number of imidazole rings is 1. The first kappa shape index (κ1) is 19.7. The zero-order valence-electron chi connectivity index (χ0n) is 16.5. The average Bonchev–Trinajstić information content (AvgIpc) is 2.91. The number of hydrogen-bond acceptors (Lipinski definition) is 3. The minimum absolute atomic E-state index is 0.438. The highest BCUT2D eigenvalue weighted by Gasteiger charge is 2.12. The molecular weight excluding hydrogens is 338 g/mol. The van der Waals surface area contributed by atoms with E-state index in [1.165, 1.54) is 38.5 Å². The number of fused-ring (bicyclic) bond motifs is 1. The lowest BCUT2D eigenvalue weighted by molar-refractivity contribution is 0.0487. The van der Waals surface area contributed by atoms with Gasteiger partial charge in [0.25, 0.3) is 0 Å². The summed E-state index contributed by atoms with van der Waals surface area (Å²) in [5.74, 6) is 0.853. The summed E-state index contributed by atoms with van der Waals surface area (Å²) in [5.41, 5.74) is 2.07. The molecule has 1 saturated carbocycles. The Labute approximate surface area is 162 Å². The second-order valence-corrected chi connectivity index (χ2v) is 7.12. The van der Waals surface area contributed by atoms with Crippen LogP contribution in [0.3, 0.4) is 0 Å². The van der Waals surface area contributed by atoms with Crippen molar-refractivity contribution in [2.75, 3.05) is 26.2 Å². The van der Waals surface area contributed by atoms with Crippen LogP contribution >= 0.6 is 0 Å². The number of pyridine rings is 1. The number of ether oxygens (including phenoxy) is 1. The second kappa shape index (κ2) is 10.9. The molecule has 0 aromatic carbocycles. The van der Waals surface area contributed by atoms with Crippen LogP contribution in [0.15, 0.2) is 35.6 Å². The van der Waals surface area contributed by atoms with Crippen LogP contribution in [0.2, 0.25) is 0 Å². The molecular formula is C21H33N5O. The fourth-order valence-corrected chi connectivity index (χ4v) is 3.54. The number of guanidine groups is 1. The number of hydrogen-bond donors (Lipinski definition) is 2. The molecule has 1 aliphatic carbocycles. The molecule has 0 amide bonds. The Hall–Kier alpha value is -2.08. The quantitative estimate of drug-likeness (QED) is 0.324. The van der Waals surface area contributed by atoms with Gasteiger partial charge in [-0.25, -0.2) is 4.98 Å². The van der Waals surface area contributed by atoms with E-state index in [4.69, 9.17) is 4.74 Å². The maximum absolute atomic E-state index is 6.02. The maximum atomic E-state index is 6.02. The molecule has 2 heterocycles. The Kier molecular flexibility index (Phi) is 7.96. The number of rotatable bonds is 8. The van der Waals surface area contributed by atoms with Crippen molar-refractivity contribution in [1.29, 1.82) is 0 Å². The van der Waals surface area contributed by atoms with Gasteiger partial charge in [-0.1, -0.05) is 31.7 Å². The molecule has 6 heteroatoms. The first-order valence-electron chi connectivity index (χ1n) is 10.4. The van der Waals surface area contributed by atoms with Gasteiger partial charge in [-0.05, 0) is 31.9 Å². The van der Waals surface area contributed by atoms with Gasteiger partial charge in [0.15, 0.2) is 5.96 Å². The lowest BCUT2D eigenvalue weighted by atomic mass is 10.1. The fourth-order valence-electron chi connectivity index (χ4n) is 3.54. The zero-order chi connectivity index (χ0) is 18.7. The molecule has 1 aliphatic rings. The van der Waals surface area contributed by atoms with Gasteiger partial charge < -0.3 is 19.8 Å². The highest BCUT2D eigenvalue weighted by Crippen LogP contribution is 2.19. The van der Waals surface area contributed by atoms with Crippen molar-refractivity contribution in [3.05, 3.63) is 36.3 Å². The monoisotopic (exact) mass is 371 g/mol. The number of aliphatic imine (C=N–C) groups is 1. The van der Waals surface area contributed by atoms with Gasteiger partial charge in [-0.2, -0.15) is 0 Å². The summed E-state index contributed by atoms with van der Waals surface area (Å²) in [6.45, 7) is 5.14. The van der Waals surface area contributed by atoms with Gasteiger partial charge >= 0.3 is 0 Å². The van der Waals surface area contributed by atoms with Crippen LogP contribution < -0.4 is 10.6 Å². The molecule has 1 fully saturated rings. The van der Waals surface area contributed by atoms with Gasteiger partial charge in [-0.3, -0.25) is 4.99 Å². The van der Waals surface area contributed by atoms with E-state index in [2.05, 4.69) is 38.1 Å². The molecule has 6 nitrogen and oxygen atoms in total. The fraction of sp³-hybridized carbons (Fsp3) is 0.619. The molecule has 0 atom stereocenters. The van der Waals surface area contributed by atoms with E-state index < -0.39 is 0 Å². The Morgan fingerprint density at radius 3 is 2.85 bits per heavy atom. The number of nitrogens with zero attached hydrogens (tertiary/aromatic N) is 3. The van der Waals surface area contributed by atoms with Crippen molar-refractivity contribution in [3.8, 4) is 0 Å². The van der Waals surface area contributed by atoms with E-state index in [0.717, 1.165) is 36.8 Å². The lowest BCUT2D eigenvalue weighted by Gasteiger charge is -2.15. The second-order valence-electron chi connectivity index (χ2n) is 7.12. The van der Waals surface area contributed by atoms with Crippen molar-refractivity contribution < 1.29 is 4.74 Å². The average molecular weight is 372 g/mol. The maximum Gasteiger partial charge on any atom is 0.191 e. The highest BCUT2D eigenvalue weighted by atomic mass is 16.5. The summed E-state index contributed by atoms with van der Waals surface area (Å²) in [6, 6.07) is 6.05. The van der Waals surface area contributed by atoms with Crippen LogP contribution in [0.5, 0.6) is 0 Å². The van der Waals surface area contributed by atoms with E-state index in [1.807, 2.05) is 24.4 Å². The van der Waals surface area contributed by atoms with Crippen LogP contribution in [-0.4, -0.2) is 47.7 Å². The molecule has 0 bridgehead atoms. The van der Waals surface area contributed by atoms with Crippen LogP contribution in [0.25, 0.3) is 5.65 Å². The Morgan fingerprint density at radius 1 is 1.22 bits per heavy atom. The Bertz CT molecular complexity index is 670. The summed E-state index contributed by atoms with van der Waals surface area (Å²) in [6.07, 6.45) is 13.2. The molecule has 2 aromatic rings. The van der Waals surface area contributed by atoms with E-state index in [-0.39, 0.29) is 0 Å². The largest absolute Gasteiger partial charge is 0.376 e.